The lowest BCUT2D eigenvalue weighted by Gasteiger charge is -2.22. The van der Waals surface area contributed by atoms with E-state index in [-0.39, 0.29) is 29.3 Å². The molecule has 0 aliphatic carbocycles. The number of carbonyl (C=O) groups is 2. The van der Waals surface area contributed by atoms with Gasteiger partial charge in [-0.3, -0.25) is 14.9 Å². The van der Waals surface area contributed by atoms with Crippen molar-refractivity contribution >= 4 is 11.9 Å². The topological polar surface area (TPSA) is 88.4 Å². The molecule has 1 heterocycles. The van der Waals surface area contributed by atoms with E-state index in [0.29, 0.717) is 12.0 Å². The summed E-state index contributed by atoms with van der Waals surface area (Å²) in [5, 5.41) is 12.0. The number of rotatable bonds is 5. The minimum atomic E-state index is -1.09. The number of amides is 1. The third-order valence-electron chi connectivity index (χ3n) is 4.40. The molecule has 0 radical (unpaired) electrons. The Morgan fingerprint density at radius 2 is 1.96 bits per heavy atom. The summed E-state index contributed by atoms with van der Waals surface area (Å²) in [7, 11) is 2.78. The molecule has 2 unspecified atom stereocenters. The summed E-state index contributed by atoms with van der Waals surface area (Å²) in [5.74, 6) is -0.624. The molecule has 0 bridgehead atoms. The Morgan fingerprint density at radius 3 is 2.46 bits per heavy atom. The normalized spacial score (nSPS) is 21.0. The molecule has 2 rings (SSSR count). The number of hydrogen-bond donors (Lipinski definition) is 1. The lowest BCUT2D eigenvalue weighted by atomic mass is 9.77. The first-order valence-electron chi connectivity index (χ1n) is 7.56. The zero-order valence-corrected chi connectivity index (χ0v) is 14.2. The third-order valence-corrected chi connectivity index (χ3v) is 4.40. The van der Waals surface area contributed by atoms with Crippen molar-refractivity contribution in [2.75, 3.05) is 14.2 Å². The number of esters is 1. The second kappa shape index (κ2) is 6.75. The van der Waals surface area contributed by atoms with Crippen LogP contribution in [0.25, 0.3) is 0 Å². The molecule has 1 aromatic rings. The number of carbonyl (C=O) groups excluding carboxylic acids is 2. The standard InChI is InChI=1S/C18H20N2O4/c1-11(16(21)24-4)9-12-5-7-13(8-6-12)18(2)14(10-19)15(23-3)20-17(18)22/h5-8,11H,9H2,1-4H3,(H,20,22). The summed E-state index contributed by atoms with van der Waals surface area (Å²) in [4.78, 5) is 23.9. The number of nitriles is 1. The molecule has 1 amide bonds. The molecular weight excluding hydrogens is 308 g/mol. The number of methoxy groups -OCH3 is 2. The van der Waals surface area contributed by atoms with E-state index >= 15 is 0 Å². The van der Waals surface area contributed by atoms with E-state index in [9.17, 15) is 14.9 Å². The maximum absolute atomic E-state index is 12.4. The van der Waals surface area contributed by atoms with E-state index in [1.54, 1.807) is 26.0 Å². The van der Waals surface area contributed by atoms with Crippen LogP contribution in [0.15, 0.2) is 35.7 Å². The maximum Gasteiger partial charge on any atom is 0.308 e. The number of benzene rings is 1. The van der Waals surface area contributed by atoms with Crippen molar-refractivity contribution in [2.24, 2.45) is 5.92 Å². The fourth-order valence-electron chi connectivity index (χ4n) is 2.83. The molecule has 1 N–H and O–H groups in total. The van der Waals surface area contributed by atoms with Gasteiger partial charge >= 0.3 is 5.97 Å². The van der Waals surface area contributed by atoms with Gasteiger partial charge in [0.15, 0.2) is 0 Å². The molecule has 24 heavy (non-hydrogen) atoms. The molecule has 0 saturated carbocycles. The molecule has 1 aromatic carbocycles. The van der Waals surface area contributed by atoms with Crippen LogP contribution in [0.1, 0.15) is 25.0 Å². The third kappa shape index (κ3) is 2.85. The van der Waals surface area contributed by atoms with Crippen molar-refractivity contribution in [3.63, 3.8) is 0 Å². The van der Waals surface area contributed by atoms with Crippen molar-refractivity contribution in [3.05, 3.63) is 46.8 Å². The van der Waals surface area contributed by atoms with Crippen molar-refractivity contribution < 1.29 is 19.1 Å². The van der Waals surface area contributed by atoms with E-state index in [1.165, 1.54) is 14.2 Å². The van der Waals surface area contributed by atoms with Gasteiger partial charge in [0, 0.05) is 0 Å². The Labute approximate surface area is 141 Å². The molecule has 0 saturated heterocycles. The summed E-state index contributed by atoms with van der Waals surface area (Å²) < 4.78 is 9.82. The van der Waals surface area contributed by atoms with Gasteiger partial charge in [0.05, 0.1) is 20.1 Å². The first-order valence-corrected chi connectivity index (χ1v) is 7.56. The second-order valence-electron chi connectivity index (χ2n) is 5.92. The minimum absolute atomic E-state index is 0.188. The van der Waals surface area contributed by atoms with Crippen LogP contribution >= 0.6 is 0 Å². The van der Waals surface area contributed by atoms with E-state index in [4.69, 9.17) is 9.47 Å². The highest BCUT2D eigenvalue weighted by Gasteiger charge is 2.47. The predicted molar refractivity (Wildman–Crippen MR) is 86.5 cm³/mol. The van der Waals surface area contributed by atoms with Crippen molar-refractivity contribution in [1.82, 2.24) is 5.32 Å². The molecule has 6 nitrogen and oxygen atoms in total. The number of ether oxygens (including phenoxy) is 2. The first kappa shape index (κ1) is 17.5. The SMILES string of the molecule is COC(=O)C(C)Cc1ccc(C2(C)C(=O)NC(OC)=C2C#N)cc1. The van der Waals surface area contributed by atoms with Crippen LogP contribution in [-0.4, -0.2) is 26.1 Å². The van der Waals surface area contributed by atoms with Crippen LogP contribution in [0.2, 0.25) is 0 Å². The Morgan fingerprint density at radius 1 is 1.33 bits per heavy atom. The average molecular weight is 328 g/mol. The molecule has 2 atom stereocenters. The van der Waals surface area contributed by atoms with E-state index in [0.717, 1.165) is 5.56 Å². The summed E-state index contributed by atoms with van der Waals surface area (Å²) in [6.07, 6.45) is 0.542. The number of nitrogens with zero attached hydrogens (tertiary/aromatic N) is 1. The van der Waals surface area contributed by atoms with Gasteiger partial charge in [-0.2, -0.15) is 5.26 Å². The minimum Gasteiger partial charge on any atom is -0.481 e. The maximum atomic E-state index is 12.4. The zero-order valence-electron chi connectivity index (χ0n) is 14.2. The van der Waals surface area contributed by atoms with E-state index < -0.39 is 5.41 Å². The van der Waals surface area contributed by atoms with Gasteiger partial charge in [0.1, 0.15) is 17.1 Å². The first-order chi connectivity index (χ1) is 11.4. The highest BCUT2D eigenvalue weighted by molar-refractivity contribution is 5.97. The van der Waals surface area contributed by atoms with Crippen LogP contribution in [0.4, 0.5) is 0 Å². The molecular formula is C18H20N2O4. The number of nitrogens with one attached hydrogen (secondary N) is 1. The van der Waals surface area contributed by atoms with Gasteiger partial charge in [0.25, 0.3) is 0 Å². The van der Waals surface area contributed by atoms with Gasteiger partial charge in [-0.05, 0) is 24.5 Å². The van der Waals surface area contributed by atoms with Crippen molar-refractivity contribution in [2.45, 2.75) is 25.7 Å². The quantitative estimate of drug-likeness (QED) is 0.833. The van der Waals surface area contributed by atoms with E-state index in [2.05, 4.69) is 11.4 Å². The molecule has 1 aliphatic heterocycles. The molecule has 126 valence electrons. The number of hydrogen-bond acceptors (Lipinski definition) is 5. The second-order valence-corrected chi connectivity index (χ2v) is 5.92. The Hall–Kier alpha value is -2.81. The lowest BCUT2D eigenvalue weighted by Crippen LogP contribution is -2.35. The Bertz CT molecular complexity index is 730. The van der Waals surface area contributed by atoms with Gasteiger partial charge in [-0.25, -0.2) is 0 Å². The summed E-state index contributed by atoms with van der Waals surface area (Å²) in [6.45, 7) is 3.49. The van der Waals surface area contributed by atoms with Gasteiger partial charge in [-0.1, -0.05) is 31.2 Å². The average Bonchev–Trinajstić information content (AvgIpc) is 2.85. The van der Waals surface area contributed by atoms with Crippen molar-refractivity contribution in [3.8, 4) is 6.07 Å². The molecule has 0 aromatic heterocycles. The molecule has 0 fully saturated rings. The fraction of sp³-hybridized carbons (Fsp3) is 0.389. The predicted octanol–water partition coefficient (Wildman–Crippen LogP) is 1.81. The Kier molecular flexibility index (Phi) is 4.93. The monoisotopic (exact) mass is 328 g/mol. The van der Waals surface area contributed by atoms with Gasteiger partial charge in [-0.15, -0.1) is 0 Å². The lowest BCUT2D eigenvalue weighted by molar-refractivity contribution is -0.144. The zero-order chi connectivity index (χ0) is 17.9. The largest absolute Gasteiger partial charge is 0.481 e. The molecule has 1 aliphatic rings. The highest BCUT2D eigenvalue weighted by Crippen LogP contribution is 2.38. The summed E-state index contributed by atoms with van der Waals surface area (Å²) >= 11 is 0. The Balaban J connectivity index is 2.30. The van der Waals surface area contributed by atoms with Crippen LogP contribution < -0.4 is 5.32 Å². The molecule has 0 spiro atoms. The smallest absolute Gasteiger partial charge is 0.308 e. The van der Waals surface area contributed by atoms with Gasteiger partial charge < -0.3 is 9.47 Å². The van der Waals surface area contributed by atoms with Crippen molar-refractivity contribution in [1.29, 1.82) is 5.26 Å². The highest BCUT2D eigenvalue weighted by atomic mass is 16.5. The summed E-state index contributed by atoms with van der Waals surface area (Å²) in [5.41, 5.74) is 0.809. The van der Waals surface area contributed by atoms with Crippen LogP contribution in [0, 0.1) is 17.2 Å². The fourth-order valence-corrected chi connectivity index (χ4v) is 2.83. The van der Waals surface area contributed by atoms with Crippen LogP contribution in [0.5, 0.6) is 0 Å². The molecule has 6 heteroatoms. The van der Waals surface area contributed by atoms with Crippen LogP contribution in [-0.2, 0) is 30.9 Å². The van der Waals surface area contributed by atoms with E-state index in [1.807, 2.05) is 12.1 Å². The summed E-state index contributed by atoms with van der Waals surface area (Å²) in [6, 6.07) is 9.37. The van der Waals surface area contributed by atoms with Crippen LogP contribution in [0.3, 0.4) is 0 Å². The van der Waals surface area contributed by atoms with Gasteiger partial charge in [0.2, 0.25) is 11.8 Å².